The molecule has 0 saturated heterocycles. The average Bonchev–Trinajstić information content (AvgIpc) is 2.46. The molecule has 0 unspecified atom stereocenters. The summed E-state index contributed by atoms with van der Waals surface area (Å²) >= 11 is 0. The van der Waals surface area contributed by atoms with Gasteiger partial charge in [0.05, 0.1) is 12.3 Å². The van der Waals surface area contributed by atoms with Crippen molar-refractivity contribution in [3.8, 4) is 11.3 Å². The maximum absolute atomic E-state index is 12.8. The molecule has 1 aromatic heterocycles. The monoisotopic (exact) mass is 263 g/mol. The van der Waals surface area contributed by atoms with E-state index in [4.69, 9.17) is 5.11 Å². The number of hydrogen-bond acceptors (Lipinski definition) is 4. The van der Waals surface area contributed by atoms with Crippen LogP contribution in [-0.2, 0) is 0 Å². The van der Waals surface area contributed by atoms with Gasteiger partial charge in [-0.3, -0.25) is 4.98 Å². The van der Waals surface area contributed by atoms with Crippen LogP contribution in [0.4, 0.5) is 4.39 Å². The molecule has 0 aliphatic heterocycles. The highest BCUT2D eigenvalue weighted by molar-refractivity contribution is 5.59. The molecule has 1 heterocycles. The fourth-order valence-corrected chi connectivity index (χ4v) is 1.73. The van der Waals surface area contributed by atoms with Crippen molar-refractivity contribution >= 4 is 0 Å². The SMILES string of the molecule is OC[C@@H](O)[C@H](O)c1ccnc(-c2ccc(F)cc2)c1. The minimum absolute atomic E-state index is 0.337. The molecule has 5 heteroatoms. The third kappa shape index (κ3) is 3.14. The number of halogens is 1. The summed E-state index contributed by atoms with van der Waals surface area (Å²) in [6.45, 7) is -0.532. The van der Waals surface area contributed by atoms with Gasteiger partial charge in [-0.05, 0) is 42.0 Å². The Labute approximate surface area is 109 Å². The molecule has 3 N–H and O–H groups in total. The van der Waals surface area contributed by atoms with Crippen molar-refractivity contribution in [2.24, 2.45) is 0 Å². The molecule has 0 aliphatic carbocycles. The van der Waals surface area contributed by atoms with Crippen molar-refractivity contribution in [2.45, 2.75) is 12.2 Å². The molecule has 0 fully saturated rings. The predicted octanol–water partition coefficient (Wildman–Crippen LogP) is 1.27. The lowest BCUT2D eigenvalue weighted by atomic mass is 10.0. The Hall–Kier alpha value is -1.82. The first-order valence-electron chi connectivity index (χ1n) is 5.80. The summed E-state index contributed by atoms with van der Waals surface area (Å²) in [4.78, 5) is 4.13. The van der Waals surface area contributed by atoms with Gasteiger partial charge in [0.25, 0.3) is 0 Å². The summed E-state index contributed by atoms with van der Waals surface area (Å²) < 4.78 is 12.8. The lowest BCUT2D eigenvalue weighted by Crippen LogP contribution is -2.22. The first kappa shape index (κ1) is 13.6. The van der Waals surface area contributed by atoms with Crippen molar-refractivity contribution in [1.29, 1.82) is 0 Å². The van der Waals surface area contributed by atoms with Gasteiger partial charge in [0.1, 0.15) is 18.0 Å². The van der Waals surface area contributed by atoms with Crippen LogP contribution in [0.5, 0.6) is 0 Å². The largest absolute Gasteiger partial charge is 0.394 e. The van der Waals surface area contributed by atoms with Crippen LogP contribution in [0.1, 0.15) is 11.7 Å². The van der Waals surface area contributed by atoms with Crippen molar-refractivity contribution in [3.05, 3.63) is 54.0 Å². The van der Waals surface area contributed by atoms with Crippen molar-refractivity contribution in [3.63, 3.8) is 0 Å². The zero-order valence-corrected chi connectivity index (χ0v) is 10.1. The highest BCUT2D eigenvalue weighted by Gasteiger charge is 2.17. The number of aromatic nitrogens is 1. The smallest absolute Gasteiger partial charge is 0.123 e. The van der Waals surface area contributed by atoms with Crippen LogP contribution >= 0.6 is 0 Å². The molecule has 2 aromatic rings. The molecule has 0 bridgehead atoms. The lowest BCUT2D eigenvalue weighted by molar-refractivity contribution is -0.0152. The van der Waals surface area contributed by atoms with Gasteiger partial charge >= 0.3 is 0 Å². The lowest BCUT2D eigenvalue weighted by Gasteiger charge is -2.16. The van der Waals surface area contributed by atoms with Gasteiger partial charge in [0.15, 0.2) is 0 Å². The summed E-state index contributed by atoms with van der Waals surface area (Å²) in [7, 11) is 0. The number of aliphatic hydroxyl groups excluding tert-OH is 3. The van der Waals surface area contributed by atoms with E-state index in [2.05, 4.69) is 4.98 Å². The van der Waals surface area contributed by atoms with Crippen LogP contribution in [0.15, 0.2) is 42.6 Å². The van der Waals surface area contributed by atoms with Crippen molar-refractivity contribution in [1.82, 2.24) is 4.98 Å². The molecule has 0 aliphatic rings. The van der Waals surface area contributed by atoms with Gasteiger partial charge in [0, 0.05) is 11.8 Å². The molecule has 2 rings (SSSR count). The number of pyridine rings is 1. The van der Waals surface area contributed by atoms with Crippen LogP contribution in [0.25, 0.3) is 11.3 Å². The highest BCUT2D eigenvalue weighted by Crippen LogP contribution is 2.23. The highest BCUT2D eigenvalue weighted by atomic mass is 19.1. The maximum atomic E-state index is 12.8. The average molecular weight is 263 g/mol. The number of nitrogens with zero attached hydrogens (tertiary/aromatic N) is 1. The van der Waals surface area contributed by atoms with Crippen molar-refractivity contribution in [2.75, 3.05) is 6.61 Å². The van der Waals surface area contributed by atoms with Gasteiger partial charge in [-0.1, -0.05) is 0 Å². The summed E-state index contributed by atoms with van der Waals surface area (Å²) in [5, 5.41) is 28.0. The van der Waals surface area contributed by atoms with E-state index in [1.165, 1.54) is 18.3 Å². The van der Waals surface area contributed by atoms with E-state index >= 15 is 0 Å². The Kier molecular flexibility index (Phi) is 4.21. The number of benzene rings is 1. The molecule has 0 amide bonds. The Morgan fingerprint density at radius 2 is 1.79 bits per heavy atom. The Balaban J connectivity index is 2.31. The zero-order chi connectivity index (χ0) is 13.8. The molecule has 19 heavy (non-hydrogen) atoms. The number of aliphatic hydroxyl groups is 3. The fraction of sp³-hybridized carbons (Fsp3) is 0.214. The van der Waals surface area contributed by atoms with Gasteiger partial charge in [-0.15, -0.1) is 0 Å². The first-order valence-corrected chi connectivity index (χ1v) is 5.80. The third-order valence-electron chi connectivity index (χ3n) is 2.82. The topological polar surface area (TPSA) is 73.6 Å². The third-order valence-corrected chi connectivity index (χ3v) is 2.82. The molecule has 1 aromatic carbocycles. The second kappa shape index (κ2) is 5.88. The molecule has 0 radical (unpaired) electrons. The maximum Gasteiger partial charge on any atom is 0.123 e. The summed E-state index contributed by atoms with van der Waals surface area (Å²) in [6.07, 6.45) is -0.947. The quantitative estimate of drug-likeness (QED) is 0.776. The second-order valence-electron chi connectivity index (χ2n) is 4.18. The van der Waals surface area contributed by atoms with Gasteiger partial charge in [-0.2, -0.15) is 0 Å². The van der Waals surface area contributed by atoms with E-state index in [0.29, 0.717) is 16.8 Å². The van der Waals surface area contributed by atoms with E-state index in [1.54, 1.807) is 24.3 Å². The van der Waals surface area contributed by atoms with Crippen molar-refractivity contribution < 1.29 is 19.7 Å². The molecular formula is C14H14FNO3. The van der Waals surface area contributed by atoms with E-state index in [9.17, 15) is 14.6 Å². The van der Waals surface area contributed by atoms with Crippen LogP contribution in [-0.4, -0.2) is 33.0 Å². The molecule has 100 valence electrons. The van der Waals surface area contributed by atoms with Gasteiger partial charge < -0.3 is 15.3 Å². The van der Waals surface area contributed by atoms with Crippen LogP contribution in [0, 0.1) is 5.82 Å². The van der Waals surface area contributed by atoms with Crippen LogP contribution in [0.3, 0.4) is 0 Å². The summed E-state index contributed by atoms with van der Waals surface area (Å²) in [6, 6.07) is 8.95. The zero-order valence-electron chi connectivity index (χ0n) is 10.1. The standard InChI is InChI=1S/C14H14FNO3/c15-11-3-1-9(2-4-11)12-7-10(5-6-16-12)14(19)13(18)8-17/h1-7,13-14,17-19H,8H2/t13-,14-/m1/s1. The number of rotatable bonds is 4. The van der Waals surface area contributed by atoms with Crippen LogP contribution in [0.2, 0.25) is 0 Å². The second-order valence-corrected chi connectivity index (χ2v) is 4.18. The van der Waals surface area contributed by atoms with E-state index in [-0.39, 0.29) is 5.82 Å². The summed E-state index contributed by atoms with van der Waals surface area (Å²) in [5.74, 6) is -0.337. The normalized spacial score (nSPS) is 14.1. The van der Waals surface area contributed by atoms with E-state index < -0.39 is 18.8 Å². The van der Waals surface area contributed by atoms with E-state index in [0.717, 1.165) is 0 Å². The fourth-order valence-electron chi connectivity index (χ4n) is 1.73. The predicted molar refractivity (Wildman–Crippen MR) is 67.7 cm³/mol. The molecule has 4 nitrogen and oxygen atoms in total. The molecule has 2 atom stereocenters. The minimum atomic E-state index is -1.25. The van der Waals surface area contributed by atoms with Gasteiger partial charge in [-0.25, -0.2) is 4.39 Å². The first-order chi connectivity index (χ1) is 9.11. The minimum Gasteiger partial charge on any atom is -0.394 e. The number of hydrogen-bond donors (Lipinski definition) is 3. The van der Waals surface area contributed by atoms with Crippen LogP contribution < -0.4 is 0 Å². The Morgan fingerprint density at radius 3 is 2.42 bits per heavy atom. The summed E-state index contributed by atoms with van der Waals surface area (Å²) in [5.41, 5.74) is 1.70. The Bertz CT molecular complexity index is 545. The molecular weight excluding hydrogens is 249 g/mol. The molecule has 0 spiro atoms. The van der Waals surface area contributed by atoms with E-state index in [1.807, 2.05) is 0 Å². The molecule has 0 saturated carbocycles. The Morgan fingerprint density at radius 1 is 1.11 bits per heavy atom. The van der Waals surface area contributed by atoms with Gasteiger partial charge in [0.2, 0.25) is 0 Å².